The summed E-state index contributed by atoms with van der Waals surface area (Å²) in [5.41, 5.74) is 1.30. The Hall–Kier alpha value is -0.0900. The van der Waals surface area contributed by atoms with Crippen LogP contribution in [-0.2, 0) is 11.3 Å². The van der Waals surface area contributed by atoms with E-state index >= 15 is 0 Å². The van der Waals surface area contributed by atoms with Crippen molar-refractivity contribution < 1.29 is 4.74 Å². The lowest BCUT2D eigenvalue weighted by Crippen LogP contribution is -1.97. The molecule has 2 heteroatoms. The number of unbranched alkanes of at least 4 members (excludes halogenated alkanes) is 2. The third kappa shape index (κ3) is 4.42. The molecule has 14 heavy (non-hydrogen) atoms. The molecule has 0 amide bonds. The summed E-state index contributed by atoms with van der Waals surface area (Å²) >= 11 is 2.35. The normalized spacial score (nSPS) is 10.4. The minimum Gasteiger partial charge on any atom is -0.377 e. The quantitative estimate of drug-likeness (QED) is 0.570. The summed E-state index contributed by atoms with van der Waals surface area (Å²) in [5, 5.41) is 0. The van der Waals surface area contributed by atoms with Gasteiger partial charge in [-0.05, 0) is 40.6 Å². The highest BCUT2D eigenvalue weighted by Crippen LogP contribution is 2.12. The lowest BCUT2D eigenvalue weighted by atomic mass is 10.2. The molecule has 0 atom stereocenters. The second-order valence-corrected chi connectivity index (χ2v) is 4.51. The minimum atomic E-state index is 0.753. The van der Waals surface area contributed by atoms with Crippen LogP contribution >= 0.6 is 22.6 Å². The van der Waals surface area contributed by atoms with Crippen molar-refractivity contribution in [3.8, 4) is 0 Å². The zero-order valence-electron chi connectivity index (χ0n) is 8.63. The summed E-state index contributed by atoms with van der Waals surface area (Å²) in [7, 11) is 0. The van der Waals surface area contributed by atoms with Gasteiger partial charge in [-0.25, -0.2) is 0 Å². The minimum absolute atomic E-state index is 0.753. The number of ether oxygens (including phenoxy) is 1. The molecule has 78 valence electrons. The van der Waals surface area contributed by atoms with Gasteiger partial charge in [0, 0.05) is 10.2 Å². The van der Waals surface area contributed by atoms with Gasteiger partial charge in [0.25, 0.3) is 0 Å². The topological polar surface area (TPSA) is 9.23 Å². The summed E-state index contributed by atoms with van der Waals surface area (Å²) in [6.07, 6.45) is 3.71. The number of benzene rings is 1. The number of hydrogen-bond acceptors (Lipinski definition) is 1. The molecule has 0 aliphatic rings. The van der Waals surface area contributed by atoms with Crippen molar-refractivity contribution in [2.24, 2.45) is 0 Å². The summed E-state index contributed by atoms with van der Waals surface area (Å²) in [6, 6.07) is 8.36. The molecular formula is C12H17IO. The monoisotopic (exact) mass is 304 g/mol. The second-order valence-electron chi connectivity index (χ2n) is 3.35. The summed E-state index contributed by atoms with van der Waals surface area (Å²) in [4.78, 5) is 0. The zero-order chi connectivity index (χ0) is 10.2. The Morgan fingerprint density at radius 2 is 2.00 bits per heavy atom. The first-order chi connectivity index (χ1) is 6.84. The van der Waals surface area contributed by atoms with Gasteiger partial charge in [0.05, 0.1) is 6.61 Å². The average molecular weight is 304 g/mol. The van der Waals surface area contributed by atoms with E-state index in [0.717, 1.165) is 13.2 Å². The molecule has 0 aliphatic heterocycles. The van der Waals surface area contributed by atoms with E-state index in [1.807, 2.05) is 0 Å². The average Bonchev–Trinajstić information content (AvgIpc) is 2.20. The molecule has 0 fully saturated rings. The van der Waals surface area contributed by atoms with Crippen molar-refractivity contribution >= 4 is 22.6 Å². The lowest BCUT2D eigenvalue weighted by molar-refractivity contribution is 0.116. The van der Waals surface area contributed by atoms with Crippen LogP contribution in [0.2, 0.25) is 0 Å². The molecule has 0 aromatic heterocycles. The Balaban J connectivity index is 2.21. The van der Waals surface area contributed by atoms with Crippen molar-refractivity contribution in [2.45, 2.75) is 32.8 Å². The number of hydrogen-bond donors (Lipinski definition) is 0. The standard InChI is InChI=1S/C12H17IO/c1-2-3-6-9-14-10-11-7-4-5-8-12(11)13/h4-5,7-8H,2-3,6,9-10H2,1H3. The molecule has 1 nitrogen and oxygen atoms in total. The first kappa shape index (κ1) is 12.0. The highest BCUT2D eigenvalue weighted by Gasteiger charge is 1.97. The van der Waals surface area contributed by atoms with Gasteiger partial charge >= 0.3 is 0 Å². The molecule has 1 rings (SSSR count). The predicted molar refractivity (Wildman–Crippen MR) is 68.3 cm³/mol. The summed E-state index contributed by atoms with van der Waals surface area (Å²) < 4.78 is 6.89. The van der Waals surface area contributed by atoms with Crippen LogP contribution in [0.5, 0.6) is 0 Å². The second kappa shape index (κ2) is 7.23. The van der Waals surface area contributed by atoms with Crippen molar-refractivity contribution in [1.29, 1.82) is 0 Å². The van der Waals surface area contributed by atoms with Crippen molar-refractivity contribution in [1.82, 2.24) is 0 Å². The van der Waals surface area contributed by atoms with Crippen LogP contribution in [0.1, 0.15) is 31.7 Å². The van der Waals surface area contributed by atoms with Gasteiger partial charge in [-0.2, -0.15) is 0 Å². The van der Waals surface area contributed by atoms with Crippen LogP contribution in [0, 0.1) is 3.57 Å². The Morgan fingerprint density at radius 1 is 1.21 bits per heavy atom. The molecule has 0 saturated carbocycles. The van der Waals surface area contributed by atoms with Crippen molar-refractivity contribution in [2.75, 3.05) is 6.61 Å². The van der Waals surface area contributed by atoms with Gasteiger partial charge in [-0.1, -0.05) is 38.0 Å². The van der Waals surface area contributed by atoms with Gasteiger partial charge in [0.1, 0.15) is 0 Å². The van der Waals surface area contributed by atoms with E-state index in [-0.39, 0.29) is 0 Å². The zero-order valence-corrected chi connectivity index (χ0v) is 10.8. The fraction of sp³-hybridized carbons (Fsp3) is 0.500. The molecule has 0 radical (unpaired) electrons. The SMILES string of the molecule is CCCCCOCc1ccccc1I. The number of rotatable bonds is 6. The summed E-state index contributed by atoms with van der Waals surface area (Å²) in [6.45, 7) is 3.85. The Labute approximate surface area is 100.0 Å². The molecule has 0 spiro atoms. The fourth-order valence-electron chi connectivity index (χ4n) is 1.25. The van der Waals surface area contributed by atoms with E-state index in [2.05, 4.69) is 53.8 Å². The molecule has 1 aromatic carbocycles. The maximum atomic E-state index is 5.60. The van der Waals surface area contributed by atoms with E-state index in [0.29, 0.717) is 0 Å². The fourth-order valence-corrected chi connectivity index (χ4v) is 1.79. The first-order valence-electron chi connectivity index (χ1n) is 5.15. The first-order valence-corrected chi connectivity index (χ1v) is 6.23. The third-order valence-corrected chi connectivity index (χ3v) is 3.16. The largest absolute Gasteiger partial charge is 0.377 e. The van der Waals surface area contributed by atoms with Crippen LogP contribution in [0.15, 0.2) is 24.3 Å². The van der Waals surface area contributed by atoms with E-state index < -0.39 is 0 Å². The van der Waals surface area contributed by atoms with E-state index in [4.69, 9.17) is 4.74 Å². The summed E-state index contributed by atoms with van der Waals surface area (Å²) in [5.74, 6) is 0. The Bertz CT molecular complexity index is 260. The lowest BCUT2D eigenvalue weighted by Gasteiger charge is -2.05. The van der Waals surface area contributed by atoms with Crippen LogP contribution in [-0.4, -0.2) is 6.61 Å². The van der Waals surface area contributed by atoms with Gasteiger partial charge in [0.15, 0.2) is 0 Å². The van der Waals surface area contributed by atoms with Gasteiger partial charge in [0.2, 0.25) is 0 Å². The van der Waals surface area contributed by atoms with E-state index in [9.17, 15) is 0 Å². The molecule has 0 N–H and O–H groups in total. The van der Waals surface area contributed by atoms with Crippen LogP contribution in [0.25, 0.3) is 0 Å². The van der Waals surface area contributed by atoms with Crippen molar-refractivity contribution in [3.63, 3.8) is 0 Å². The smallest absolute Gasteiger partial charge is 0.0727 e. The van der Waals surface area contributed by atoms with Crippen LogP contribution in [0.4, 0.5) is 0 Å². The van der Waals surface area contributed by atoms with Crippen molar-refractivity contribution in [3.05, 3.63) is 33.4 Å². The Morgan fingerprint density at radius 3 is 2.71 bits per heavy atom. The third-order valence-electron chi connectivity index (χ3n) is 2.11. The number of halogens is 1. The maximum Gasteiger partial charge on any atom is 0.0727 e. The van der Waals surface area contributed by atoms with E-state index in [1.165, 1.54) is 28.4 Å². The molecular weight excluding hydrogens is 287 g/mol. The van der Waals surface area contributed by atoms with Crippen LogP contribution < -0.4 is 0 Å². The molecule has 0 bridgehead atoms. The molecule has 0 heterocycles. The highest BCUT2D eigenvalue weighted by atomic mass is 127. The van der Waals surface area contributed by atoms with Gasteiger partial charge in [-0.3, -0.25) is 0 Å². The van der Waals surface area contributed by atoms with Gasteiger partial charge < -0.3 is 4.74 Å². The van der Waals surface area contributed by atoms with Gasteiger partial charge in [-0.15, -0.1) is 0 Å². The predicted octanol–water partition coefficient (Wildman–Crippen LogP) is 4.00. The molecule has 0 saturated heterocycles. The van der Waals surface area contributed by atoms with Crippen LogP contribution in [0.3, 0.4) is 0 Å². The molecule has 1 aromatic rings. The molecule has 0 aliphatic carbocycles. The van der Waals surface area contributed by atoms with E-state index in [1.54, 1.807) is 0 Å². The highest BCUT2D eigenvalue weighted by molar-refractivity contribution is 14.1. The molecule has 0 unspecified atom stereocenters. The Kier molecular flexibility index (Phi) is 6.19. The maximum absolute atomic E-state index is 5.60.